The highest BCUT2D eigenvalue weighted by Crippen LogP contribution is 2.42. The normalized spacial score (nSPS) is 10.9. The van der Waals surface area contributed by atoms with Crippen LogP contribution in [0.4, 0.5) is 11.4 Å². The number of nitrogens with zero attached hydrogens (tertiary/aromatic N) is 4. The number of methoxy groups -OCH3 is 1. The molecule has 5 rings (SSSR count). The van der Waals surface area contributed by atoms with Crippen LogP contribution in [0, 0.1) is 27.2 Å². The second kappa shape index (κ2) is 13.2. The van der Waals surface area contributed by atoms with E-state index in [1.807, 2.05) is 55.5 Å². The van der Waals surface area contributed by atoms with Crippen molar-refractivity contribution < 1.29 is 24.1 Å². The van der Waals surface area contributed by atoms with Gasteiger partial charge in [-0.15, -0.1) is 0 Å². The number of non-ortho nitro benzene ring substituents is 1. The molecule has 0 saturated carbocycles. The molecule has 5 aromatic rings. The van der Waals surface area contributed by atoms with Gasteiger partial charge in [0.15, 0.2) is 11.5 Å². The molecule has 1 N–H and O–H groups in total. The first-order valence-electron chi connectivity index (χ1n) is 13.3. The van der Waals surface area contributed by atoms with Crippen molar-refractivity contribution in [3.05, 3.63) is 139 Å². The van der Waals surface area contributed by atoms with Gasteiger partial charge in [-0.1, -0.05) is 30.3 Å². The number of nitro benzene ring substituents is 2. The third kappa shape index (κ3) is 6.73. The van der Waals surface area contributed by atoms with E-state index in [0.29, 0.717) is 15.6 Å². The van der Waals surface area contributed by atoms with Crippen LogP contribution in [-0.4, -0.2) is 33.6 Å². The van der Waals surface area contributed by atoms with E-state index >= 15 is 0 Å². The van der Waals surface area contributed by atoms with Crippen molar-refractivity contribution in [1.82, 2.24) is 9.99 Å². The quantitative estimate of drug-likeness (QED) is 0.0913. The average Bonchev–Trinajstić information content (AvgIpc) is 3.43. The van der Waals surface area contributed by atoms with Crippen LogP contribution < -0.4 is 14.9 Å². The van der Waals surface area contributed by atoms with Gasteiger partial charge in [0.2, 0.25) is 5.75 Å². The molecular weight excluding hydrogens is 646 g/mol. The Kier molecular flexibility index (Phi) is 9.00. The van der Waals surface area contributed by atoms with Gasteiger partial charge in [-0.2, -0.15) is 5.10 Å². The lowest BCUT2D eigenvalue weighted by Gasteiger charge is -2.13. The lowest BCUT2D eigenvalue weighted by Crippen LogP contribution is -2.17. The number of carbonyl (C=O) groups is 1. The fourth-order valence-corrected chi connectivity index (χ4v) is 5.12. The molecule has 0 atom stereocenters. The number of carbonyl (C=O) groups excluding carboxylic acids is 1. The molecule has 0 aliphatic heterocycles. The number of rotatable bonds is 10. The number of hydrogen-bond acceptors (Lipinski definition) is 8. The predicted molar refractivity (Wildman–Crippen MR) is 172 cm³/mol. The van der Waals surface area contributed by atoms with E-state index < -0.39 is 27.1 Å². The number of amides is 1. The van der Waals surface area contributed by atoms with Crippen LogP contribution in [0.25, 0.3) is 16.9 Å². The Morgan fingerprint density at radius 1 is 0.911 bits per heavy atom. The van der Waals surface area contributed by atoms with E-state index in [1.54, 1.807) is 24.3 Å². The highest BCUT2D eigenvalue weighted by molar-refractivity contribution is 9.10. The van der Waals surface area contributed by atoms with Crippen LogP contribution in [0.1, 0.15) is 21.6 Å². The Bertz CT molecular complexity index is 1940. The monoisotopic (exact) mass is 669 g/mol. The third-order valence-electron chi connectivity index (χ3n) is 6.73. The van der Waals surface area contributed by atoms with Crippen molar-refractivity contribution in [3.8, 4) is 34.2 Å². The van der Waals surface area contributed by atoms with E-state index in [1.165, 1.54) is 13.3 Å². The lowest BCUT2D eigenvalue weighted by atomic mass is 10.1. The van der Waals surface area contributed by atoms with Crippen LogP contribution >= 0.6 is 15.9 Å². The first-order valence-corrected chi connectivity index (χ1v) is 14.1. The summed E-state index contributed by atoms with van der Waals surface area (Å²) in [5, 5.41) is 26.6. The van der Waals surface area contributed by atoms with Gasteiger partial charge in [-0.05, 0) is 88.6 Å². The summed E-state index contributed by atoms with van der Waals surface area (Å²) in [5.74, 6) is -0.339. The molecule has 13 heteroatoms. The van der Waals surface area contributed by atoms with Crippen molar-refractivity contribution in [2.75, 3.05) is 7.11 Å². The zero-order valence-electron chi connectivity index (χ0n) is 23.8. The van der Waals surface area contributed by atoms with E-state index in [-0.39, 0.29) is 17.2 Å². The number of benzene rings is 4. The van der Waals surface area contributed by atoms with E-state index in [0.717, 1.165) is 40.8 Å². The first kappa shape index (κ1) is 30.6. The minimum Gasteiger partial charge on any atom is -0.493 e. The second-order valence-corrected chi connectivity index (χ2v) is 10.5. The number of aromatic nitrogens is 1. The Balaban J connectivity index is 1.30. The fourth-order valence-electron chi connectivity index (χ4n) is 4.58. The third-order valence-corrected chi connectivity index (χ3v) is 7.32. The maximum absolute atomic E-state index is 12.8. The molecule has 0 spiro atoms. The molecule has 0 aliphatic carbocycles. The number of aryl methyl sites for hydroxylation is 1. The van der Waals surface area contributed by atoms with Crippen molar-refractivity contribution >= 4 is 39.4 Å². The number of hydrogen-bond donors (Lipinski definition) is 1. The fraction of sp³-hybridized carbons (Fsp3) is 0.0625. The molecule has 12 nitrogen and oxygen atoms in total. The Morgan fingerprint density at radius 3 is 2.31 bits per heavy atom. The highest BCUT2D eigenvalue weighted by Gasteiger charge is 2.23. The maximum Gasteiger partial charge on any atom is 0.318 e. The number of halogens is 1. The van der Waals surface area contributed by atoms with E-state index in [4.69, 9.17) is 9.47 Å². The van der Waals surface area contributed by atoms with Gasteiger partial charge in [0.1, 0.15) is 0 Å². The first-order chi connectivity index (χ1) is 21.7. The van der Waals surface area contributed by atoms with Gasteiger partial charge >= 0.3 is 5.69 Å². The van der Waals surface area contributed by atoms with Crippen molar-refractivity contribution in [3.63, 3.8) is 0 Å². The largest absolute Gasteiger partial charge is 0.493 e. The van der Waals surface area contributed by atoms with Crippen LogP contribution in [0.3, 0.4) is 0 Å². The van der Waals surface area contributed by atoms with Crippen LogP contribution in [-0.2, 0) is 0 Å². The van der Waals surface area contributed by atoms with Gasteiger partial charge in [0.25, 0.3) is 11.6 Å². The minimum absolute atomic E-state index is 0.101. The van der Waals surface area contributed by atoms with Crippen molar-refractivity contribution in [2.45, 2.75) is 6.92 Å². The molecule has 0 radical (unpaired) electrons. The van der Waals surface area contributed by atoms with E-state index in [9.17, 15) is 25.0 Å². The minimum atomic E-state index is -0.774. The SMILES string of the molecule is COc1cc(/C=N/NC(=O)c2ccc(-n3c(C)ccc3-c3ccccc3)cc2)cc(Br)c1Oc1ccc([N+](=O)[O-])cc1[N+](=O)[O-]. The smallest absolute Gasteiger partial charge is 0.318 e. The molecule has 1 amide bonds. The Morgan fingerprint density at radius 2 is 1.64 bits per heavy atom. The summed E-state index contributed by atoms with van der Waals surface area (Å²) in [6.07, 6.45) is 1.40. The number of hydrazone groups is 1. The summed E-state index contributed by atoms with van der Waals surface area (Å²) in [4.78, 5) is 33.9. The Hall–Kier alpha value is -5.82. The molecule has 0 unspecified atom stereocenters. The van der Waals surface area contributed by atoms with Crippen LogP contribution in [0.15, 0.2) is 107 Å². The molecule has 0 aliphatic rings. The second-order valence-electron chi connectivity index (χ2n) is 9.61. The molecule has 0 saturated heterocycles. The molecule has 4 aromatic carbocycles. The molecule has 0 bridgehead atoms. The average molecular weight is 670 g/mol. The number of ether oxygens (including phenoxy) is 2. The van der Waals surface area contributed by atoms with Gasteiger partial charge in [-0.25, -0.2) is 5.43 Å². The summed E-state index contributed by atoms with van der Waals surface area (Å²) in [7, 11) is 1.38. The molecule has 1 heterocycles. The summed E-state index contributed by atoms with van der Waals surface area (Å²) >= 11 is 3.37. The summed E-state index contributed by atoms with van der Waals surface area (Å²) in [6.45, 7) is 2.02. The topological polar surface area (TPSA) is 151 Å². The molecule has 0 fully saturated rings. The Labute approximate surface area is 265 Å². The standard InChI is InChI=1S/C32H24BrN5O7/c1-20-8-14-27(22-6-4-3-5-7-22)36(20)24-11-9-23(10-12-24)32(39)35-34-19-21-16-26(33)31(30(17-21)44-2)45-29-15-13-25(37(40)41)18-28(29)38(42)43/h3-19H,1-2H3,(H,35,39)/b34-19+. The van der Waals surface area contributed by atoms with Gasteiger partial charge in [0, 0.05) is 23.0 Å². The highest BCUT2D eigenvalue weighted by atomic mass is 79.9. The summed E-state index contributed by atoms with van der Waals surface area (Å²) < 4.78 is 13.6. The van der Waals surface area contributed by atoms with E-state index in [2.05, 4.69) is 37.1 Å². The predicted octanol–water partition coefficient (Wildman–Crippen LogP) is 7.60. The zero-order valence-corrected chi connectivity index (χ0v) is 25.4. The molecule has 226 valence electrons. The zero-order chi connectivity index (χ0) is 32.1. The van der Waals surface area contributed by atoms with Gasteiger partial charge in [0.05, 0.1) is 39.4 Å². The number of nitrogens with one attached hydrogen (secondary N) is 1. The number of nitro groups is 2. The van der Waals surface area contributed by atoms with Crippen molar-refractivity contribution in [1.29, 1.82) is 0 Å². The molecule has 45 heavy (non-hydrogen) atoms. The summed E-state index contributed by atoms with van der Waals surface area (Å²) in [6, 6.07) is 27.5. The van der Waals surface area contributed by atoms with Crippen LogP contribution in [0.5, 0.6) is 17.2 Å². The van der Waals surface area contributed by atoms with Crippen LogP contribution in [0.2, 0.25) is 0 Å². The maximum atomic E-state index is 12.8. The summed E-state index contributed by atoms with van der Waals surface area (Å²) in [5.41, 5.74) is 6.48. The van der Waals surface area contributed by atoms with Crippen molar-refractivity contribution in [2.24, 2.45) is 5.10 Å². The lowest BCUT2D eigenvalue weighted by molar-refractivity contribution is -0.394. The van der Waals surface area contributed by atoms with Gasteiger partial charge < -0.3 is 14.0 Å². The molecule has 1 aromatic heterocycles. The van der Waals surface area contributed by atoms with Gasteiger partial charge in [-0.3, -0.25) is 25.0 Å². The molecular formula is C32H24BrN5O7.